The summed E-state index contributed by atoms with van der Waals surface area (Å²) in [6, 6.07) is 4.10. The molecule has 1 aliphatic heterocycles. The third kappa shape index (κ3) is 8.30. The van der Waals surface area contributed by atoms with Crippen molar-refractivity contribution in [1.82, 2.24) is 9.88 Å². The van der Waals surface area contributed by atoms with E-state index in [1.54, 1.807) is 6.20 Å². The third-order valence-electron chi connectivity index (χ3n) is 5.87. The number of hydrogen-bond donors (Lipinski definition) is 1. The van der Waals surface area contributed by atoms with E-state index < -0.39 is 6.10 Å². The highest BCUT2D eigenvalue weighted by Gasteiger charge is 2.30. The Bertz CT molecular complexity index is 547. The Morgan fingerprint density at radius 1 is 1.14 bits per heavy atom. The van der Waals surface area contributed by atoms with E-state index in [2.05, 4.69) is 18.8 Å². The maximum absolute atomic E-state index is 12.7. The van der Waals surface area contributed by atoms with Gasteiger partial charge in [-0.05, 0) is 36.8 Å². The van der Waals surface area contributed by atoms with Crippen LogP contribution in [0.3, 0.4) is 0 Å². The van der Waals surface area contributed by atoms with Crippen LogP contribution in [0, 0.1) is 5.92 Å². The molecule has 0 spiro atoms. The molecule has 0 radical (unpaired) electrons. The highest BCUT2D eigenvalue weighted by molar-refractivity contribution is 5.77. The molecule has 1 saturated heterocycles. The minimum Gasteiger partial charge on any atom is -0.393 e. The fourth-order valence-corrected chi connectivity index (χ4v) is 4.22. The zero-order valence-electron chi connectivity index (χ0n) is 18.0. The fraction of sp³-hybridized carbons (Fsp3) is 0.750. The highest BCUT2D eigenvalue weighted by Crippen LogP contribution is 2.32. The molecule has 2 heterocycles. The maximum Gasteiger partial charge on any atom is 0.225 e. The van der Waals surface area contributed by atoms with Crippen molar-refractivity contribution in [2.24, 2.45) is 5.92 Å². The molecule has 0 saturated carbocycles. The van der Waals surface area contributed by atoms with Crippen LogP contribution < -0.4 is 0 Å². The van der Waals surface area contributed by atoms with Gasteiger partial charge < -0.3 is 10.0 Å². The van der Waals surface area contributed by atoms with Crippen molar-refractivity contribution in [3.8, 4) is 0 Å². The monoisotopic (exact) mass is 388 g/mol. The van der Waals surface area contributed by atoms with Crippen molar-refractivity contribution in [2.75, 3.05) is 6.54 Å². The van der Waals surface area contributed by atoms with Crippen molar-refractivity contribution in [3.63, 3.8) is 0 Å². The van der Waals surface area contributed by atoms with Gasteiger partial charge in [-0.1, -0.05) is 71.3 Å². The van der Waals surface area contributed by atoms with Crippen LogP contribution in [0.15, 0.2) is 24.5 Å². The minimum absolute atomic E-state index is 0.0870. The Kier molecular flexibility index (Phi) is 10.6. The van der Waals surface area contributed by atoms with Crippen molar-refractivity contribution < 1.29 is 9.90 Å². The molecular weight excluding hydrogens is 348 g/mol. The van der Waals surface area contributed by atoms with E-state index in [1.807, 2.05) is 23.2 Å². The normalized spacial score (nSPS) is 18.0. The van der Waals surface area contributed by atoms with Gasteiger partial charge in [0.2, 0.25) is 5.91 Å². The molecule has 28 heavy (non-hydrogen) atoms. The molecule has 0 aromatic carbocycles. The van der Waals surface area contributed by atoms with Gasteiger partial charge >= 0.3 is 0 Å². The van der Waals surface area contributed by atoms with Gasteiger partial charge in [0, 0.05) is 18.9 Å². The van der Waals surface area contributed by atoms with Crippen molar-refractivity contribution in [1.29, 1.82) is 0 Å². The number of rotatable bonds is 13. The standard InChI is InChI=1S/C24H40N2O2/c1-20(2)12-8-6-4-3-5-7-9-14-22(27)18-24(28)26-17-11-15-23(26)21-13-10-16-25-19-21/h10,13,16,19-20,22-23,27H,3-9,11-12,14-15,17-18H2,1-2H3. The van der Waals surface area contributed by atoms with Gasteiger partial charge in [-0.15, -0.1) is 0 Å². The van der Waals surface area contributed by atoms with Crippen LogP contribution in [0.4, 0.5) is 0 Å². The zero-order valence-corrected chi connectivity index (χ0v) is 18.0. The lowest BCUT2D eigenvalue weighted by molar-refractivity contribution is -0.134. The van der Waals surface area contributed by atoms with E-state index in [0.717, 1.165) is 50.1 Å². The van der Waals surface area contributed by atoms with Gasteiger partial charge in [-0.2, -0.15) is 0 Å². The molecule has 2 unspecified atom stereocenters. The smallest absolute Gasteiger partial charge is 0.225 e. The van der Waals surface area contributed by atoms with Gasteiger partial charge in [0.05, 0.1) is 18.6 Å². The molecule has 2 rings (SSSR count). The summed E-state index contributed by atoms with van der Waals surface area (Å²) < 4.78 is 0. The van der Waals surface area contributed by atoms with Gasteiger partial charge in [-0.3, -0.25) is 9.78 Å². The van der Waals surface area contributed by atoms with Crippen molar-refractivity contribution >= 4 is 5.91 Å². The van der Waals surface area contributed by atoms with Crippen LogP contribution >= 0.6 is 0 Å². The minimum atomic E-state index is -0.506. The molecule has 1 amide bonds. The average Bonchev–Trinajstić information content (AvgIpc) is 3.17. The number of aliphatic hydroxyl groups is 1. The van der Waals surface area contributed by atoms with Gasteiger partial charge in [-0.25, -0.2) is 0 Å². The quantitative estimate of drug-likeness (QED) is 0.443. The van der Waals surface area contributed by atoms with E-state index in [-0.39, 0.29) is 18.4 Å². The van der Waals surface area contributed by atoms with E-state index in [9.17, 15) is 9.90 Å². The summed E-state index contributed by atoms with van der Waals surface area (Å²) in [4.78, 5) is 18.8. The van der Waals surface area contributed by atoms with E-state index in [1.165, 1.54) is 38.5 Å². The first-order valence-corrected chi connectivity index (χ1v) is 11.5. The lowest BCUT2D eigenvalue weighted by Gasteiger charge is -2.26. The number of likely N-dealkylation sites (tertiary alicyclic amines) is 1. The summed E-state index contributed by atoms with van der Waals surface area (Å²) in [7, 11) is 0. The lowest BCUT2D eigenvalue weighted by Crippen LogP contribution is -2.33. The Labute approximate surface area is 171 Å². The summed E-state index contributed by atoms with van der Waals surface area (Å²) in [5, 5.41) is 10.3. The molecule has 2 atom stereocenters. The Balaban J connectivity index is 1.57. The van der Waals surface area contributed by atoms with Crippen LogP contribution in [-0.4, -0.2) is 33.5 Å². The summed E-state index contributed by atoms with van der Waals surface area (Å²) in [6.07, 6.45) is 16.2. The van der Waals surface area contributed by atoms with Crippen LogP contribution in [-0.2, 0) is 4.79 Å². The number of hydrogen-bond acceptors (Lipinski definition) is 3. The number of carbonyl (C=O) groups is 1. The van der Waals surface area contributed by atoms with Crippen LogP contribution in [0.5, 0.6) is 0 Å². The van der Waals surface area contributed by atoms with Crippen molar-refractivity contribution in [2.45, 2.75) is 103 Å². The number of aromatic nitrogens is 1. The number of nitrogens with zero attached hydrogens (tertiary/aromatic N) is 2. The lowest BCUT2D eigenvalue weighted by atomic mass is 10.0. The number of unbranched alkanes of at least 4 members (excludes halogenated alkanes) is 6. The second-order valence-corrected chi connectivity index (χ2v) is 8.84. The first-order valence-electron chi connectivity index (χ1n) is 11.5. The van der Waals surface area contributed by atoms with Gasteiger partial charge in [0.1, 0.15) is 0 Å². The van der Waals surface area contributed by atoms with E-state index in [4.69, 9.17) is 0 Å². The molecule has 1 aliphatic rings. The summed E-state index contributed by atoms with van der Waals surface area (Å²) in [5.41, 5.74) is 1.11. The van der Waals surface area contributed by atoms with E-state index in [0.29, 0.717) is 0 Å². The number of amides is 1. The Morgan fingerprint density at radius 2 is 1.82 bits per heavy atom. The predicted octanol–water partition coefficient (Wildman–Crippen LogP) is 5.66. The maximum atomic E-state index is 12.7. The molecule has 0 bridgehead atoms. The molecule has 1 aromatic heterocycles. The first-order chi connectivity index (χ1) is 13.6. The molecule has 4 heteroatoms. The fourth-order valence-electron chi connectivity index (χ4n) is 4.22. The van der Waals surface area contributed by atoms with Crippen molar-refractivity contribution in [3.05, 3.63) is 30.1 Å². The molecule has 1 N–H and O–H groups in total. The SMILES string of the molecule is CC(C)CCCCCCCCCC(O)CC(=O)N1CCCC1c1cccnc1. The predicted molar refractivity (Wildman–Crippen MR) is 115 cm³/mol. The van der Waals surface area contributed by atoms with Gasteiger partial charge in [0.25, 0.3) is 0 Å². The third-order valence-corrected chi connectivity index (χ3v) is 5.87. The topological polar surface area (TPSA) is 53.4 Å². The molecular formula is C24H40N2O2. The molecule has 1 fully saturated rings. The summed E-state index contributed by atoms with van der Waals surface area (Å²) in [6.45, 7) is 5.37. The van der Waals surface area contributed by atoms with Crippen LogP contribution in [0.25, 0.3) is 0 Å². The Hall–Kier alpha value is -1.42. The first kappa shape index (κ1) is 22.9. The Morgan fingerprint density at radius 3 is 2.46 bits per heavy atom. The number of pyridine rings is 1. The largest absolute Gasteiger partial charge is 0.393 e. The summed E-state index contributed by atoms with van der Waals surface area (Å²) in [5.74, 6) is 0.911. The number of carbonyl (C=O) groups excluding carboxylic acids is 1. The second-order valence-electron chi connectivity index (χ2n) is 8.84. The zero-order chi connectivity index (χ0) is 20.2. The van der Waals surface area contributed by atoms with Crippen LogP contribution in [0.1, 0.15) is 103 Å². The molecule has 1 aromatic rings. The van der Waals surface area contributed by atoms with Gasteiger partial charge in [0.15, 0.2) is 0 Å². The molecule has 158 valence electrons. The number of aliphatic hydroxyl groups excluding tert-OH is 1. The van der Waals surface area contributed by atoms with Crippen LogP contribution in [0.2, 0.25) is 0 Å². The molecule has 4 nitrogen and oxygen atoms in total. The summed E-state index contributed by atoms with van der Waals surface area (Å²) >= 11 is 0. The highest BCUT2D eigenvalue weighted by atomic mass is 16.3. The average molecular weight is 389 g/mol. The van der Waals surface area contributed by atoms with E-state index >= 15 is 0 Å². The molecule has 0 aliphatic carbocycles. The second kappa shape index (κ2) is 12.9.